The van der Waals surface area contributed by atoms with E-state index in [1.54, 1.807) is 18.2 Å². The molecule has 0 aromatic heterocycles. The summed E-state index contributed by atoms with van der Waals surface area (Å²) < 4.78 is 5.38. The Hall–Kier alpha value is -3.33. The van der Waals surface area contributed by atoms with E-state index in [0.717, 1.165) is 4.90 Å². The number of thioether (sulfide) groups is 1. The Bertz CT molecular complexity index is 988. The number of carbonyl (C=O) groups is 2. The van der Waals surface area contributed by atoms with Gasteiger partial charge < -0.3 is 9.84 Å². The van der Waals surface area contributed by atoms with Gasteiger partial charge in [-0.15, -0.1) is 0 Å². The first kappa shape index (κ1) is 19.4. The molecule has 1 fully saturated rings. The molecule has 2 aromatic carbocycles. The lowest BCUT2D eigenvalue weighted by Gasteiger charge is -2.12. The van der Waals surface area contributed by atoms with Gasteiger partial charge in [-0.2, -0.15) is 0 Å². The molecule has 3 rings (SSSR count). The number of hydrogen-bond acceptors (Lipinski definition) is 7. The van der Waals surface area contributed by atoms with Crippen LogP contribution in [0.2, 0.25) is 0 Å². The number of hydrogen-bond donors (Lipinski definition) is 1. The number of carbonyl (C=O) groups excluding carboxylic acids is 2. The third-order valence-electron chi connectivity index (χ3n) is 3.99. The Morgan fingerprint density at radius 2 is 2.00 bits per heavy atom. The van der Waals surface area contributed by atoms with Crippen LogP contribution in [0.5, 0.6) is 11.5 Å². The van der Waals surface area contributed by atoms with Crippen molar-refractivity contribution >= 4 is 34.7 Å². The van der Waals surface area contributed by atoms with E-state index in [1.807, 2.05) is 6.92 Å². The van der Waals surface area contributed by atoms with Crippen molar-refractivity contribution in [1.82, 2.24) is 4.90 Å². The molecule has 0 saturated carbocycles. The van der Waals surface area contributed by atoms with Crippen LogP contribution in [0.3, 0.4) is 0 Å². The molecule has 1 aliphatic rings. The van der Waals surface area contributed by atoms with Gasteiger partial charge in [0.25, 0.3) is 16.8 Å². The molecule has 8 nitrogen and oxygen atoms in total. The monoisotopic (exact) mass is 400 g/mol. The van der Waals surface area contributed by atoms with Crippen LogP contribution in [0.25, 0.3) is 6.08 Å². The lowest BCUT2D eigenvalue weighted by atomic mass is 10.1. The van der Waals surface area contributed by atoms with E-state index < -0.39 is 16.1 Å². The summed E-state index contributed by atoms with van der Waals surface area (Å²) in [5, 5.41) is 20.6. The molecular weight excluding hydrogens is 384 g/mol. The third kappa shape index (κ3) is 3.99. The predicted molar refractivity (Wildman–Crippen MR) is 104 cm³/mol. The fourth-order valence-electron chi connectivity index (χ4n) is 2.68. The molecule has 9 heteroatoms. The minimum Gasteiger partial charge on any atom is -0.507 e. The van der Waals surface area contributed by atoms with E-state index in [0.29, 0.717) is 29.7 Å². The topological polar surface area (TPSA) is 110 Å². The first-order valence-corrected chi connectivity index (χ1v) is 9.15. The highest BCUT2D eigenvalue weighted by Gasteiger charge is 2.36. The zero-order valence-corrected chi connectivity index (χ0v) is 15.6. The van der Waals surface area contributed by atoms with Gasteiger partial charge in [-0.1, -0.05) is 18.2 Å². The molecule has 28 heavy (non-hydrogen) atoms. The van der Waals surface area contributed by atoms with Gasteiger partial charge in [0.15, 0.2) is 0 Å². The number of para-hydroxylation sites is 1. The van der Waals surface area contributed by atoms with Crippen molar-refractivity contribution in [2.24, 2.45) is 0 Å². The molecule has 1 heterocycles. The summed E-state index contributed by atoms with van der Waals surface area (Å²) in [6.45, 7) is 2.06. The van der Waals surface area contributed by atoms with Crippen molar-refractivity contribution in [3.63, 3.8) is 0 Å². The number of nitrogens with zero attached hydrogens (tertiary/aromatic N) is 2. The largest absolute Gasteiger partial charge is 0.507 e. The minimum absolute atomic E-state index is 0.0612. The third-order valence-corrected chi connectivity index (χ3v) is 4.89. The summed E-state index contributed by atoms with van der Waals surface area (Å²) in [4.78, 5) is 36.6. The van der Waals surface area contributed by atoms with Gasteiger partial charge in [0, 0.05) is 17.2 Å². The molecule has 0 aliphatic carbocycles. The second-order valence-electron chi connectivity index (χ2n) is 5.81. The second kappa shape index (κ2) is 8.13. The lowest BCUT2D eigenvalue weighted by molar-refractivity contribution is -0.385. The van der Waals surface area contributed by atoms with Crippen LogP contribution in [0.1, 0.15) is 18.1 Å². The van der Waals surface area contributed by atoms with Crippen molar-refractivity contribution in [3.8, 4) is 11.5 Å². The molecule has 0 radical (unpaired) electrons. The molecule has 1 saturated heterocycles. The SMILES string of the molecule is CCOc1ccc(O)c(/C=C2\SC(=O)N(Cc3ccccc3[N+](=O)[O-])C2=O)c1. The van der Waals surface area contributed by atoms with Crippen LogP contribution in [0.15, 0.2) is 47.4 Å². The normalized spacial score (nSPS) is 15.3. The van der Waals surface area contributed by atoms with E-state index in [4.69, 9.17) is 4.74 Å². The fraction of sp³-hybridized carbons (Fsp3) is 0.158. The molecule has 2 aromatic rings. The highest BCUT2D eigenvalue weighted by molar-refractivity contribution is 8.18. The standard InChI is InChI=1S/C19H16N2O6S/c1-2-27-14-7-8-16(22)13(9-14)10-17-18(23)20(19(24)28-17)11-12-5-3-4-6-15(12)21(25)26/h3-10,22H,2,11H2,1H3/b17-10-. The molecule has 2 amide bonds. The Labute approximate surface area is 164 Å². The highest BCUT2D eigenvalue weighted by atomic mass is 32.2. The number of phenolic OH excluding ortho intramolecular Hbond substituents is 1. The van der Waals surface area contributed by atoms with E-state index >= 15 is 0 Å². The minimum atomic E-state index is -0.575. The summed E-state index contributed by atoms with van der Waals surface area (Å²) in [5.74, 6) is -0.117. The Morgan fingerprint density at radius 3 is 2.71 bits per heavy atom. The van der Waals surface area contributed by atoms with Crippen LogP contribution in [0.4, 0.5) is 10.5 Å². The quantitative estimate of drug-likeness (QED) is 0.444. The van der Waals surface area contributed by atoms with Crippen LogP contribution in [0, 0.1) is 10.1 Å². The van der Waals surface area contributed by atoms with Gasteiger partial charge in [0.05, 0.1) is 23.0 Å². The number of rotatable bonds is 6. The van der Waals surface area contributed by atoms with E-state index in [1.165, 1.54) is 30.3 Å². The molecular formula is C19H16N2O6S. The van der Waals surface area contributed by atoms with Gasteiger partial charge in [0.1, 0.15) is 11.5 Å². The maximum absolute atomic E-state index is 12.7. The number of nitro benzene ring substituents is 1. The molecule has 0 bridgehead atoms. The van der Waals surface area contributed by atoms with Gasteiger partial charge in [-0.3, -0.25) is 24.6 Å². The Kier molecular flexibility index (Phi) is 5.65. The van der Waals surface area contributed by atoms with Crippen molar-refractivity contribution in [2.75, 3.05) is 6.61 Å². The number of amides is 2. The van der Waals surface area contributed by atoms with E-state index in [9.17, 15) is 24.8 Å². The number of imide groups is 1. The fourth-order valence-corrected chi connectivity index (χ4v) is 3.50. The van der Waals surface area contributed by atoms with Gasteiger partial charge in [-0.25, -0.2) is 0 Å². The summed E-state index contributed by atoms with van der Waals surface area (Å²) in [6, 6.07) is 10.5. The average Bonchev–Trinajstić information content (AvgIpc) is 2.92. The number of phenols is 1. The summed E-state index contributed by atoms with van der Waals surface area (Å²) in [7, 11) is 0. The van der Waals surface area contributed by atoms with E-state index in [2.05, 4.69) is 0 Å². The summed E-state index contributed by atoms with van der Waals surface area (Å²) in [5.41, 5.74) is 0.437. The summed E-state index contributed by atoms with van der Waals surface area (Å²) in [6.07, 6.45) is 1.40. The van der Waals surface area contributed by atoms with Gasteiger partial charge in [-0.05, 0) is 43.0 Å². The maximum Gasteiger partial charge on any atom is 0.293 e. The zero-order chi connectivity index (χ0) is 20.3. The van der Waals surface area contributed by atoms with Crippen LogP contribution >= 0.6 is 11.8 Å². The Morgan fingerprint density at radius 1 is 1.25 bits per heavy atom. The highest BCUT2D eigenvalue weighted by Crippen LogP contribution is 2.36. The lowest BCUT2D eigenvalue weighted by Crippen LogP contribution is -2.27. The molecule has 144 valence electrons. The number of nitro groups is 1. The molecule has 0 unspecified atom stereocenters. The van der Waals surface area contributed by atoms with Crippen LogP contribution in [-0.4, -0.2) is 32.7 Å². The van der Waals surface area contributed by atoms with Crippen molar-refractivity contribution in [1.29, 1.82) is 0 Å². The molecule has 0 atom stereocenters. The number of aromatic hydroxyl groups is 1. The van der Waals surface area contributed by atoms with Crippen LogP contribution in [-0.2, 0) is 11.3 Å². The van der Waals surface area contributed by atoms with Crippen molar-refractivity contribution < 1.29 is 24.4 Å². The summed E-state index contributed by atoms with van der Waals surface area (Å²) >= 11 is 0.715. The molecule has 1 N–H and O–H groups in total. The Balaban J connectivity index is 1.87. The predicted octanol–water partition coefficient (Wildman–Crippen LogP) is 3.94. The number of ether oxygens (including phenoxy) is 1. The molecule has 1 aliphatic heterocycles. The van der Waals surface area contributed by atoms with Crippen molar-refractivity contribution in [3.05, 3.63) is 68.6 Å². The van der Waals surface area contributed by atoms with Crippen molar-refractivity contribution in [2.45, 2.75) is 13.5 Å². The van der Waals surface area contributed by atoms with Gasteiger partial charge >= 0.3 is 0 Å². The average molecular weight is 400 g/mol. The maximum atomic E-state index is 12.7. The second-order valence-corrected chi connectivity index (χ2v) is 6.80. The van der Waals surface area contributed by atoms with E-state index in [-0.39, 0.29) is 28.5 Å². The first-order valence-electron chi connectivity index (χ1n) is 8.34. The van der Waals surface area contributed by atoms with Crippen LogP contribution < -0.4 is 4.74 Å². The molecule has 0 spiro atoms. The van der Waals surface area contributed by atoms with Gasteiger partial charge in [0.2, 0.25) is 0 Å². The zero-order valence-electron chi connectivity index (χ0n) is 14.8. The smallest absolute Gasteiger partial charge is 0.293 e. The number of benzene rings is 2. The first-order chi connectivity index (χ1) is 13.4.